The number of aromatic nitrogens is 2. The van der Waals surface area contributed by atoms with Crippen molar-refractivity contribution in [2.24, 2.45) is 0 Å². The monoisotopic (exact) mass is 371 g/mol. The van der Waals surface area contributed by atoms with Gasteiger partial charge in [-0.15, -0.1) is 11.3 Å². The van der Waals surface area contributed by atoms with E-state index in [2.05, 4.69) is 65.6 Å². The molecular formula is C23H21N3S. The molecule has 3 heterocycles. The Morgan fingerprint density at radius 1 is 0.815 bits per heavy atom. The molecule has 0 unspecified atom stereocenters. The predicted molar refractivity (Wildman–Crippen MR) is 116 cm³/mol. The number of para-hydroxylation sites is 2. The molecule has 0 amide bonds. The fourth-order valence-corrected chi connectivity index (χ4v) is 4.60. The molecule has 134 valence electrons. The fraction of sp³-hybridized carbons (Fsp3) is 0.217. The highest BCUT2D eigenvalue weighted by Crippen LogP contribution is 2.29. The minimum Gasteiger partial charge on any atom is -0.356 e. The van der Waals surface area contributed by atoms with Gasteiger partial charge in [0.05, 0.1) is 15.7 Å². The van der Waals surface area contributed by atoms with E-state index in [-0.39, 0.29) is 0 Å². The van der Waals surface area contributed by atoms with Crippen LogP contribution in [0.1, 0.15) is 29.8 Å². The standard InChI is InChI=1S/C23H21N3S/c1-6-14-26(15-7-1)23-18(16-17-8-2-3-9-19(17)25-23)12-13-22-24-20-10-4-5-11-21(20)27-22/h2-5,8-13,16H,1,6-7,14-15H2/b13-12+. The van der Waals surface area contributed by atoms with E-state index in [9.17, 15) is 0 Å². The molecule has 2 aromatic heterocycles. The van der Waals surface area contributed by atoms with Crippen LogP contribution in [0.4, 0.5) is 5.82 Å². The first-order valence-electron chi connectivity index (χ1n) is 9.55. The third-order valence-corrected chi connectivity index (χ3v) is 6.11. The maximum Gasteiger partial charge on any atom is 0.136 e. The van der Waals surface area contributed by atoms with Gasteiger partial charge in [-0.3, -0.25) is 0 Å². The van der Waals surface area contributed by atoms with Crippen molar-refractivity contribution < 1.29 is 0 Å². The first-order valence-corrected chi connectivity index (χ1v) is 10.4. The molecule has 5 rings (SSSR count). The Labute approximate surface area is 163 Å². The minimum atomic E-state index is 1.04. The highest BCUT2D eigenvalue weighted by Gasteiger charge is 2.16. The molecule has 4 aromatic rings. The number of nitrogens with zero attached hydrogens (tertiary/aromatic N) is 3. The van der Waals surface area contributed by atoms with Crippen molar-refractivity contribution in [3.8, 4) is 0 Å². The number of thiazole rings is 1. The summed E-state index contributed by atoms with van der Waals surface area (Å²) in [4.78, 5) is 12.2. The Morgan fingerprint density at radius 3 is 2.44 bits per heavy atom. The summed E-state index contributed by atoms with van der Waals surface area (Å²) < 4.78 is 1.23. The molecule has 1 saturated heterocycles. The van der Waals surface area contributed by atoms with Gasteiger partial charge in [-0.25, -0.2) is 9.97 Å². The Balaban J connectivity index is 1.57. The number of hydrogen-bond donors (Lipinski definition) is 0. The summed E-state index contributed by atoms with van der Waals surface area (Å²) in [6, 6.07) is 18.9. The topological polar surface area (TPSA) is 29.0 Å². The van der Waals surface area contributed by atoms with Crippen molar-refractivity contribution in [1.82, 2.24) is 9.97 Å². The molecule has 27 heavy (non-hydrogen) atoms. The predicted octanol–water partition coefficient (Wildman–Crippen LogP) is 6.01. The molecule has 1 aliphatic rings. The van der Waals surface area contributed by atoms with E-state index in [0.717, 1.165) is 34.9 Å². The summed E-state index contributed by atoms with van der Waals surface area (Å²) in [5.74, 6) is 1.10. The quantitative estimate of drug-likeness (QED) is 0.442. The van der Waals surface area contributed by atoms with Crippen LogP contribution in [0, 0.1) is 0 Å². The molecule has 2 aromatic carbocycles. The zero-order chi connectivity index (χ0) is 18.1. The second kappa shape index (κ2) is 7.12. The van der Waals surface area contributed by atoms with E-state index in [4.69, 9.17) is 9.97 Å². The molecule has 0 atom stereocenters. The van der Waals surface area contributed by atoms with E-state index in [1.807, 2.05) is 6.07 Å². The number of pyridine rings is 1. The lowest BCUT2D eigenvalue weighted by Gasteiger charge is -2.29. The lowest BCUT2D eigenvalue weighted by Crippen LogP contribution is -2.30. The fourth-order valence-electron chi connectivity index (χ4n) is 3.73. The van der Waals surface area contributed by atoms with E-state index in [0.29, 0.717) is 0 Å². The zero-order valence-electron chi connectivity index (χ0n) is 15.1. The molecule has 4 heteroatoms. The Bertz CT molecular complexity index is 1090. The summed E-state index contributed by atoms with van der Waals surface area (Å²) in [7, 11) is 0. The molecule has 0 N–H and O–H groups in total. The summed E-state index contributed by atoms with van der Waals surface area (Å²) in [5, 5.41) is 2.22. The van der Waals surface area contributed by atoms with Gasteiger partial charge >= 0.3 is 0 Å². The zero-order valence-corrected chi connectivity index (χ0v) is 16.0. The van der Waals surface area contributed by atoms with Gasteiger partial charge in [-0.2, -0.15) is 0 Å². The van der Waals surface area contributed by atoms with Crippen molar-refractivity contribution in [1.29, 1.82) is 0 Å². The van der Waals surface area contributed by atoms with Crippen molar-refractivity contribution in [3.05, 3.63) is 65.2 Å². The van der Waals surface area contributed by atoms with E-state index in [1.165, 1.54) is 34.9 Å². The molecular weight excluding hydrogens is 350 g/mol. The van der Waals surface area contributed by atoms with Crippen LogP contribution in [0.5, 0.6) is 0 Å². The number of anilines is 1. The van der Waals surface area contributed by atoms with Crippen LogP contribution in [0.25, 0.3) is 33.3 Å². The van der Waals surface area contributed by atoms with E-state index in [1.54, 1.807) is 11.3 Å². The number of hydrogen-bond acceptors (Lipinski definition) is 4. The van der Waals surface area contributed by atoms with Gasteiger partial charge in [0.1, 0.15) is 10.8 Å². The second-order valence-corrected chi connectivity index (χ2v) is 8.06. The number of piperidine rings is 1. The molecule has 1 fully saturated rings. The molecule has 1 aliphatic heterocycles. The summed E-state index contributed by atoms with van der Waals surface area (Å²) in [5.41, 5.74) is 3.31. The van der Waals surface area contributed by atoms with Crippen molar-refractivity contribution in [2.45, 2.75) is 19.3 Å². The van der Waals surface area contributed by atoms with Crippen LogP contribution in [-0.4, -0.2) is 23.1 Å². The molecule has 0 radical (unpaired) electrons. The molecule has 0 spiro atoms. The van der Waals surface area contributed by atoms with Crippen molar-refractivity contribution in [3.63, 3.8) is 0 Å². The second-order valence-electron chi connectivity index (χ2n) is 6.99. The molecule has 0 saturated carbocycles. The van der Waals surface area contributed by atoms with Crippen molar-refractivity contribution >= 4 is 50.4 Å². The Hall–Kier alpha value is -2.72. The van der Waals surface area contributed by atoms with Gasteiger partial charge in [-0.05, 0) is 55.7 Å². The van der Waals surface area contributed by atoms with Crippen LogP contribution < -0.4 is 4.90 Å². The SMILES string of the molecule is C(=C\c1cc2ccccc2nc1N1CCCCC1)/c1nc2ccccc2s1. The average Bonchev–Trinajstić information content (AvgIpc) is 3.15. The van der Waals surface area contributed by atoms with Gasteiger partial charge in [0.15, 0.2) is 0 Å². The summed E-state index contributed by atoms with van der Waals surface area (Å²) in [6.45, 7) is 2.18. The third-order valence-electron chi connectivity index (χ3n) is 5.10. The van der Waals surface area contributed by atoms with Crippen LogP contribution in [0.15, 0.2) is 54.6 Å². The van der Waals surface area contributed by atoms with Gasteiger partial charge < -0.3 is 4.90 Å². The molecule has 3 nitrogen and oxygen atoms in total. The normalized spacial score (nSPS) is 15.2. The van der Waals surface area contributed by atoms with E-state index >= 15 is 0 Å². The Kier molecular flexibility index (Phi) is 4.34. The largest absolute Gasteiger partial charge is 0.356 e. The first-order chi connectivity index (χ1) is 13.4. The van der Waals surface area contributed by atoms with Gasteiger partial charge in [0.25, 0.3) is 0 Å². The highest BCUT2D eigenvalue weighted by molar-refractivity contribution is 7.19. The van der Waals surface area contributed by atoms with Crippen LogP contribution in [0.3, 0.4) is 0 Å². The lowest BCUT2D eigenvalue weighted by molar-refractivity contribution is 0.574. The maximum absolute atomic E-state index is 5.01. The number of fused-ring (bicyclic) bond motifs is 2. The molecule has 0 bridgehead atoms. The minimum absolute atomic E-state index is 1.04. The van der Waals surface area contributed by atoms with Crippen LogP contribution in [0.2, 0.25) is 0 Å². The van der Waals surface area contributed by atoms with Crippen LogP contribution >= 0.6 is 11.3 Å². The highest BCUT2D eigenvalue weighted by atomic mass is 32.1. The van der Waals surface area contributed by atoms with Gasteiger partial charge in [0.2, 0.25) is 0 Å². The first kappa shape index (κ1) is 16.5. The van der Waals surface area contributed by atoms with Gasteiger partial charge in [0, 0.05) is 24.0 Å². The van der Waals surface area contributed by atoms with Gasteiger partial charge in [-0.1, -0.05) is 30.3 Å². The number of rotatable bonds is 3. The molecule has 0 aliphatic carbocycles. The average molecular weight is 372 g/mol. The summed E-state index contributed by atoms with van der Waals surface area (Å²) >= 11 is 1.73. The van der Waals surface area contributed by atoms with Crippen molar-refractivity contribution in [2.75, 3.05) is 18.0 Å². The maximum atomic E-state index is 5.01. The third kappa shape index (κ3) is 3.33. The number of benzene rings is 2. The Morgan fingerprint density at radius 2 is 1.59 bits per heavy atom. The van der Waals surface area contributed by atoms with Crippen LogP contribution in [-0.2, 0) is 0 Å². The van der Waals surface area contributed by atoms with E-state index < -0.39 is 0 Å². The summed E-state index contributed by atoms with van der Waals surface area (Å²) in [6.07, 6.45) is 8.12. The lowest BCUT2D eigenvalue weighted by atomic mass is 10.1. The smallest absolute Gasteiger partial charge is 0.136 e.